The number of carbonyl (C=O) groups is 1. The Morgan fingerprint density at radius 1 is 1.32 bits per heavy atom. The molecule has 1 unspecified atom stereocenters. The molecule has 0 aromatic carbocycles. The number of hydrogen-bond donors (Lipinski definition) is 1. The molecule has 25 heavy (non-hydrogen) atoms. The number of ether oxygens (including phenoxy) is 1. The van der Waals surface area contributed by atoms with Gasteiger partial charge in [0.2, 0.25) is 21.8 Å². The predicted octanol–water partition coefficient (Wildman–Crippen LogP) is 1.44. The second-order valence-corrected chi connectivity index (χ2v) is 8.68. The minimum atomic E-state index is -3.37. The monoisotopic (exact) mass is 367 g/mol. The molecule has 0 radical (unpaired) electrons. The first-order chi connectivity index (χ1) is 11.9. The summed E-state index contributed by atoms with van der Waals surface area (Å²) in [5, 5.41) is 2.84. The first-order valence-electron chi connectivity index (χ1n) is 8.80. The van der Waals surface area contributed by atoms with E-state index >= 15 is 0 Å². The van der Waals surface area contributed by atoms with Crippen molar-refractivity contribution in [2.75, 3.05) is 12.8 Å². The molecule has 1 atom stereocenters. The van der Waals surface area contributed by atoms with Gasteiger partial charge in [0.05, 0.1) is 6.26 Å². The molecule has 1 amide bonds. The van der Waals surface area contributed by atoms with Gasteiger partial charge in [0.1, 0.15) is 12.1 Å². The minimum Gasteiger partial charge on any atom is -0.474 e. The van der Waals surface area contributed by atoms with Gasteiger partial charge in [0, 0.05) is 24.8 Å². The van der Waals surface area contributed by atoms with E-state index in [0.717, 1.165) is 24.7 Å². The van der Waals surface area contributed by atoms with Crippen LogP contribution in [0.15, 0.2) is 18.3 Å². The maximum atomic E-state index is 12.5. The zero-order valence-corrected chi connectivity index (χ0v) is 15.3. The lowest BCUT2D eigenvalue weighted by Gasteiger charge is -2.21. The summed E-state index contributed by atoms with van der Waals surface area (Å²) in [6.45, 7) is 0.683. The van der Waals surface area contributed by atoms with Crippen molar-refractivity contribution in [1.82, 2.24) is 14.6 Å². The van der Waals surface area contributed by atoms with Crippen LogP contribution in [0.25, 0.3) is 0 Å². The number of aromatic nitrogens is 1. The van der Waals surface area contributed by atoms with Gasteiger partial charge in [-0.25, -0.2) is 13.4 Å². The van der Waals surface area contributed by atoms with Crippen molar-refractivity contribution in [1.29, 1.82) is 0 Å². The molecule has 1 N–H and O–H groups in total. The molecule has 2 fully saturated rings. The molecule has 0 spiro atoms. The zero-order valence-electron chi connectivity index (χ0n) is 14.5. The predicted molar refractivity (Wildman–Crippen MR) is 93.5 cm³/mol. The maximum absolute atomic E-state index is 12.5. The summed E-state index contributed by atoms with van der Waals surface area (Å²) in [4.78, 5) is 16.7. The highest BCUT2D eigenvalue weighted by molar-refractivity contribution is 7.88. The van der Waals surface area contributed by atoms with Crippen LogP contribution >= 0.6 is 0 Å². The van der Waals surface area contributed by atoms with Gasteiger partial charge in [-0.15, -0.1) is 0 Å². The van der Waals surface area contributed by atoms with Gasteiger partial charge >= 0.3 is 0 Å². The Morgan fingerprint density at radius 2 is 2.08 bits per heavy atom. The number of rotatable bonds is 6. The van der Waals surface area contributed by atoms with Crippen molar-refractivity contribution >= 4 is 15.9 Å². The standard InChI is InChI=1S/C17H25N3O4S/c1-25(22,23)20-11-5-9-15(20)16(21)19-12-13-6-4-10-18-17(13)24-14-7-2-3-8-14/h4,6,10,14-15H,2-3,5,7-9,11-12H2,1H3,(H,19,21). The van der Waals surface area contributed by atoms with Gasteiger partial charge in [0.25, 0.3) is 0 Å². The van der Waals surface area contributed by atoms with Crippen LogP contribution in [-0.4, -0.2) is 48.6 Å². The van der Waals surface area contributed by atoms with Crippen molar-refractivity contribution in [2.24, 2.45) is 0 Å². The van der Waals surface area contributed by atoms with E-state index in [0.29, 0.717) is 25.3 Å². The maximum Gasteiger partial charge on any atom is 0.238 e. The topological polar surface area (TPSA) is 88.6 Å². The molecule has 1 aliphatic heterocycles. The van der Waals surface area contributed by atoms with Crippen molar-refractivity contribution in [3.05, 3.63) is 23.9 Å². The van der Waals surface area contributed by atoms with Gasteiger partial charge in [0.15, 0.2) is 0 Å². The number of nitrogens with one attached hydrogen (secondary N) is 1. The Balaban J connectivity index is 1.62. The van der Waals surface area contributed by atoms with Gasteiger partial charge in [-0.2, -0.15) is 4.31 Å². The third kappa shape index (κ3) is 4.49. The van der Waals surface area contributed by atoms with Crippen LogP contribution in [0.1, 0.15) is 44.1 Å². The fourth-order valence-electron chi connectivity index (χ4n) is 3.53. The molecule has 7 nitrogen and oxygen atoms in total. The van der Waals surface area contributed by atoms with Crippen molar-refractivity contribution in [3.8, 4) is 5.88 Å². The third-order valence-electron chi connectivity index (χ3n) is 4.82. The minimum absolute atomic E-state index is 0.194. The molecular formula is C17H25N3O4S. The van der Waals surface area contributed by atoms with Crippen molar-refractivity contribution in [3.63, 3.8) is 0 Å². The van der Waals surface area contributed by atoms with Crippen LogP contribution in [0.5, 0.6) is 5.88 Å². The van der Waals surface area contributed by atoms with E-state index in [9.17, 15) is 13.2 Å². The highest BCUT2D eigenvalue weighted by Crippen LogP contribution is 2.25. The van der Waals surface area contributed by atoms with Crippen LogP contribution in [0, 0.1) is 0 Å². The molecule has 1 aromatic rings. The summed E-state index contributed by atoms with van der Waals surface area (Å²) in [6, 6.07) is 3.06. The van der Waals surface area contributed by atoms with E-state index in [1.807, 2.05) is 6.07 Å². The zero-order chi connectivity index (χ0) is 17.9. The quantitative estimate of drug-likeness (QED) is 0.822. The van der Waals surface area contributed by atoms with Crippen molar-refractivity contribution in [2.45, 2.75) is 57.2 Å². The number of nitrogens with zero attached hydrogens (tertiary/aromatic N) is 2. The SMILES string of the molecule is CS(=O)(=O)N1CCCC1C(=O)NCc1cccnc1OC1CCCC1. The van der Waals surface area contributed by atoms with Crippen LogP contribution in [-0.2, 0) is 21.4 Å². The molecule has 8 heteroatoms. The van der Waals surface area contributed by atoms with Gasteiger partial charge in [-0.05, 0) is 44.6 Å². The van der Waals surface area contributed by atoms with Gasteiger partial charge < -0.3 is 10.1 Å². The Labute approximate surface area is 148 Å². The van der Waals surface area contributed by atoms with E-state index in [4.69, 9.17) is 4.74 Å². The Hall–Kier alpha value is -1.67. The molecule has 1 aromatic heterocycles. The Morgan fingerprint density at radius 3 is 2.80 bits per heavy atom. The average Bonchev–Trinajstić information content (AvgIpc) is 3.24. The second kappa shape index (κ2) is 7.70. The fourth-order valence-corrected chi connectivity index (χ4v) is 4.65. The number of amides is 1. The lowest BCUT2D eigenvalue weighted by molar-refractivity contribution is -0.124. The molecule has 2 aliphatic rings. The number of sulfonamides is 1. The first kappa shape index (κ1) is 18.1. The summed E-state index contributed by atoms with van der Waals surface area (Å²) >= 11 is 0. The molecule has 0 bridgehead atoms. The molecule has 138 valence electrons. The molecule has 1 saturated heterocycles. The normalized spacial score (nSPS) is 22.2. The molecule has 1 saturated carbocycles. The van der Waals surface area contributed by atoms with E-state index in [1.165, 1.54) is 17.1 Å². The fraction of sp³-hybridized carbons (Fsp3) is 0.647. The molecule has 2 heterocycles. The van der Waals surface area contributed by atoms with Crippen LogP contribution in [0.4, 0.5) is 0 Å². The number of carbonyl (C=O) groups excluding carboxylic acids is 1. The Kier molecular flexibility index (Phi) is 5.58. The van der Waals surface area contributed by atoms with Crippen LogP contribution < -0.4 is 10.1 Å². The average molecular weight is 367 g/mol. The summed E-state index contributed by atoms with van der Waals surface area (Å²) < 4.78 is 30.8. The lowest BCUT2D eigenvalue weighted by atomic mass is 10.2. The third-order valence-corrected chi connectivity index (χ3v) is 6.10. The summed E-state index contributed by atoms with van der Waals surface area (Å²) in [5.74, 6) is 0.291. The Bertz CT molecular complexity index is 716. The van der Waals surface area contributed by atoms with Crippen LogP contribution in [0.2, 0.25) is 0 Å². The number of pyridine rings is 1. The molecule has 1 aliphatic carbocycles. The largest absolute Gasteiger partial charge is 0.474 e. The summed E-state index contributed by atoms with van der Waals surface area (Å²) in [7, 11) is -3.37. The van der Waals surface area contributed by atoms with E-state index in [-0.39, 0.29) is 18.6 Å². The van der Waals surface area contributed by atoms with Crippen LogP contribution in [0.3, 0.4) is 0 Å². The van der Waals surface area contributed by atoms with Gasteiger partial charge in [-0.1, -0.05) is 6.07 Å². The van der Waals surface area contributed by atoms with E-state index < -0.39 is 16.1 Å². The summed E-state index contributed by atoms with van der Waals surface area (Å²) in [5.41, 5.74) is 0.812. The lowest BCUT2D eigenvalue weighted by Crippen LogP contribution is -2.45. The van der Waals surface area contributed by atoms with Gasteiger partial charge in [-0.3, -0.25) is 4.79 Å². The smallest absolute Gasteiger partial charge is 0.238 e. The number of hydrogen-bond acceptors (Lipinski definition) is 5. The van der Waals surface area contributed by atoms with Crippen molar-refractivity contribution < 1.29 is 17.9 Å². The highest BCUT2D eigenvalue weighted by atomic mass is 32.2. The first-order valence-corrected chi connectivity index (χ1v) is 10.6. The van der Waals surface area contributed by atoms with E-state index in [1.54, 1.807) is 12.3 Å². The summed E-state index contributed by atoms with van der Waals surface area (Å²) in [6.07, 6.45) is 8.69. The second-order valence-electron chi connectivity index (χ2n) is 6.74. The highest BCUT2D eigenvalue weighted by Gasteiger charge is 2.36. The molecule has 3 rings (SSSR count). The molecular weight excluding hydrogens is 342 g/mol. The van der Waals surface area contributed by atoms with E-state index in [2.05, 4.69) is 10.3 Å².